The maximum absolute atomic E-state index is 11.6. The maximum atomic E-state index is 11.6. The Kier molecular flexibility index (Phi) is 5.28. The summed E-state index contributed by atoms with van der Waals surface area (Å²) in [5.74, 6) is 0.0742. The standard InChI is InChI=1S/C11H14Br2N2O/c1-3-15(2)10(16)7-14-11-8(12)5-4-6-9(11)13/h4-6,14H,3,7H2,1-2H3. The van der Waals surface area contributed by atoms with Gasteiger partial charge in [0.25, 0.3) is 0 Å². The van der Waals surface area contributed by atoms with E-state index in [1.54, 1.807) is 11.9 Å². The summed E-state index contributed by atoms with van der Waals surface area (Å²) in [7, 11) is 1.79. The summed E-state index contributed by atoms with van der Waals surface area (Å²) in [6.45, 7) is 2.97. The lowest BCUT2D eigenvalue weighted by Crippen LogP contribution is -2.32. The van der Waals surface area contributed by atoms with Crippen molar-refractivity contribution in [1.29, 1.82) is 0 Å². The van der Waals surface area contributed by atoms with Crippen molar-refractivity contribution in [2.24, 2.45) is 0 Å². The lowest BCUT2D eigenvalue weighted by atomic mass is 10.3. The Bertz CT molecular complexity index is 362. The highest BCUT2D eigenvalue weighted by atomic mass is 79.9. The van der Waals surface area contributed by atoms with E-state index in [9.17, 15) is 4.79 Å². The van der Waals surface area contributed by atoms with Gasteiger partial charge in [-0.15, -0.1) is 0 Å². The van der Waals surface area contributed by atoms with Crippen LogP contribution in [0, 0.1) is 0 Å². The first-order valence-corrected chi connectivity index (χ1v) is 6.56. The molecule has 0 aromatic heterocycles. The van der Waals surface area contributed by atoms with Crippen LogP contribution in [0.3, 0.4) is 0 Å². The van der Waals surface area contributed by atoms with Crippen molar-refractivity contribution in [3.8, 4) is 0 Å². The molecule has 0 spiro atoms. The quantitative estimate of drug-likeness (QED) is 0.905. The van der Waals surface area contributed by atoms with Gasteiger partial charge in [-0.05, 0) is 50.9 Å². The zero-order chi connectivity index (χ0) is 12.1. The average Bonchev–Trinajstić information content (AvgIpc) is 2.27. The Morgan fingerprint density at radius 2 is 1.94 bits per heavy atom. The number of halogens is 2. The number of carbonyl (C=O) groups is 1. The average molecular weight is 350 g/mol. The molecule has 88 valence electrons. The molecule has 0 atom stereocenters. The van der Waals surface area contributed by atoms with Crippen molar-refractivity contribution < 1.29 is 4.79 Å². The van der Waals surface area contributed by atoms with Crippen LogP contribution in [0.4, 0.5) is 5.69 Å². The van der Waals surface area contributed by atoms with Crippen molar-refractivity contribution >= 4 is 43.5 Å². The molecule has 0 unspecified atom stereocenters. The maximum Gasteiger partial charge on any atom is 0.241 e. The van der Waals surface area contributed by atoms with Crippen LogP contribution in [0.2, 0.25) is 0 Å². The number of carbonyl (C=O) groups excluding carboxylic acids is 1. The fraction of sp³-hybridized carbons (Fsp3) is 0.364. The summed E-state index contributed by atoms with van der Waals surface area (Å²) in [5, 5.41) is 3.11. The van der Waals surface area contributed by atoms with Crippen LogP contribution in [0.15, 0.2) is 27.1 Å². The Labute approximate surface area is 112 Å². The molecule has 0 aliphatic rings. The molecule has 5 heteroatoms. The van der Waals surface area contributed by atoms with Gasteiger partial charge in [0.05, 0.1) is 12.2 Å². The second kappa shape index (κ2) is 6.25. The van der Waals surface area contributed by atoms with Gasteiger partial charge in [-0.25, -0.2) is 0 Å². The van der Waals surface area contributed by atoms with E-state index in [-0.39, 0.29) is 5.91 Å². The summed E-state index contributed by atoms with van der Waals surface area (Å²) >= 11 is 6.87. The predicted molar refractivity (Wildman–Crippen MR) is 73.6 cm³/mol. The Morgan fingerprint density at radius 3 is 2.44 bits per heavy atom. The van der Waals surface area contributed by atoms with E-state index in [1.165, 1.54) is 0 Å². The largest absolute Gasteiger partial charge is 0.374 e. The number of anilines is 1. The van der Waals surface area contributed by atoms with E-state index in [4.69, 9.17) is 0 Å². The van der Waals surface area contributed by atoms with Gasteiger partial charge < -0.3 is 10.2 Å². The molecule has 16 heavy (non-hydrogen) atoms. The minimum absolute atomic E-state index is 0.0742. The number of hydrogen-bond acceptors (Lipinski definition) is 2. The number of benzene rings is 1. The number of hydrogen-bond donors (Lipinski definition) is 1. The Morgan fingerprint density at radius 1 is 1.38 bits per heavy atom. The van der Waals surface area contributed by atoms with Crippen molar-refractivity contribution in [3.05, 3.63) is 27.1 Å². The van der Waals surface area contributed by atoms with Gasteiger partial charge in [0.2, 0.25) is 5.91 Å². The molecular weight excluding hydrogens is 336 g/mol. The van der Waals surface area contributed by atoms with Crippen LogP contribution in [-0.2, 0) is 4.79 Å². The second-order valence-electron chi connectivity index (χ2n) is 3.36. The molecule has 3 nitrogen and oxygen atoms in total. The molecule has 1 N–H and O–H groups in total. The molecule has 1 aromatic carbocycles. The molecule has 0 aliphatic heterocycles. The lowest BCUT2D eigenvalue weighted by Gasteiger charge is -2.16. The normalized spacial score (nSPS) is 10.0. The molecule has 0 bridgehead atoms. The van der Waals surface area contributed by atoms with Gasteiger partial charge in [0.1, 0.15) is 0 Å². The molecule has 1 rings (SSSR count). The number of amides is 1. The summed E-state index contributed by atoms with van der Waals surface area (Å²) < 4.78 is 1.88. The second-order valence-corrected chi connectivity index (χ2v) is 5.07. The number of likely N-dealkylation sites (N-methyl/N-ethyl adjacent to an activating group) is 1. The van der Waals surface area contributed by atoms with E-state index in [2.05, 4.69) is 37.2 Å². The topological polar surface area (TPSA) is 32.3 Å². The van der Waals surface area contributed by atoms with Crippen LogP contribution in [0.25, 0.3) is 0 Å². The third kappa shape index (κ3) is 3.49. The predicted octanol–water partition coefficient (Wildman–Crippen LogP) is 3.10. The smallest absolute Gasteiger partial charge is 0.241 e. The Hall–Kier alpha value is -0.550. The molecule has 1 amide bonds. The van der Waals surface area contributed by atoms with Crippen LogP contribution in [-0.4, -0.2) is 30.9 Å². The molecule has 0 saturated carbocycles. The van der Waals surface area contributed by atoms with Crippen molar-refractivity contribution in [2.75, 3.05) is 25.5 Å². The molecule has 0 radical (unpaired) electrons. The highest BCUT2D eigenvalue weighted by Crippen LogP contribution is 2.30. The summed E-state index contributed by atoms with van der Waals surface area (Å²) in [6, 6.07) is 5.79. The van der Waals surface area contributed by atoms with Crippen LogP contribution >= 0.6 is 31.9 Å². The van der Waals surface area contributed by atoms with Crippen LogP contribution in [0.5, 0.6) is 0 Å². The van der Waals surface area contributed by atoms with Gasteiger partial charge in [-0.2, -0.15) is 0 Å². The van der Waals surface area contributed by atoms with E-state index >= 15 is 0 Å². The highest BCUT2D eigenvalue weighted by molar-refractivity contribution is 9.11. The summed E-state index contributed by atoms with van der Waals surface area (Å²) in [4.78, 5) is 13.3. The van der Waals surface area contributed by atoms with Crippen molar-refractivity contribution in [2.45, 2.75) is 6.92 Å². The highest BCUT2D eigenvalue weighted by Gasteiger charge is 2.09. The first kappa shape index (κ1) is 13.5. The van der Waals surface area contributed by atoms with Gasteiger partial charge >= 0.3 is 0 Å². The molecular formula is C11H14Br2N2O. The monoisotopic (exact) mass is 348 g/mol. The lowest BCUT2D eigenvalue weighted by molar-refractivity contribution is -0.127. The van der Waals surface area contributed by atoms with E-state index < -0.39 is 0 Å². The van der Waals surface area contributed by atoms with Gasteiger partial charge in [-0.1, -0.05) is 6.07 Å². The van der Waals surface area contributed by atoms with Crippen molar-refractivity contribution in [1.82, 2.24) is 4.90 Å². The fourth-order valence-electron chi connectivity index (χ4n) is 1.14. The zero-order valence-corrected chi connectivity index (χ0v) is 12.4. The van der Waals surface area contributed by atoms with Crippen LogP contribution in [0.1, 0.15) is 6.92 Å². The van der Waals surface area contributed by atoms with Crippen LogP contribution < -0.4 is 5.32 Å². The number of nitrogens with one attached hydrogen (secondary N) is 1. The minimum Gasteiger partial charge on any atom is -0.374 e. The van der Waals surface area contributed by atoms with Gasteiger partial charge in [0, 0.05) is 22.5 Å². The molecule has 0 saturated heterocycles. The number of para-hydroxylation sites is 1. The molecule has 0 aliphatic carbocycles. The first-order valence-electron chi connectivity index (χ1n) is 4.98. The fourth-order valence-corrected chi connectivity index (χ4v) is 2.42. The molecule has 0 fully saturated rings. The third-order valence-electron chi connectivity index (χ3n) is 2.28. The third-order valence-corrected chi connectivity index (χ3v) is 3.60. The molecule has 1 aromatic rings. The Balaban J connectivity index is 2.65. The van der Waals surface area contributed by atoms with E-state index in [1.807, 2.05) is 25.1 Å². The summed E-state index contributed by atoms with van der Waals surface area (Å²) in [5.41, 5.74) is 0.903. The van der Waals surface area contributed by atoms with E-state index in [0.717, 1.165) is 21.2 Å². The molecule has 0 heterocycles. The number of rotatable bonds is 4. The SMILES string of the molecule is CCN(C)C(=O)CNc1c(Br)cccc1Br. The minimum atomic E-state index is 0.0742. The number of nitrogens with zero attached hydrogens (tertiary/aromatic N) is 1. The van der Waals surface area contributed by atoms with Crippen molar-refractivity contribution in [3.63, 3.8) is 0 Å². The zero-order valence-electron chi connectivity index (χ0n) is 9.26. The van der Waals surface area contributed by atoms with E-state index in [0.29, 0.717) is 6.54 Å². The van der Waals surface area contributed by atoms with Gasteiger partial charge in [0.15, 0.2) is 0 Å². The van der Waals surface area contributed by atoms with Gasteiger partial charge in [-0.3, -0.25) is 4.79 Å². The summed E-state index contributed by atoms with van der Waals surface area (Å²) in [6.07, 6.45) is 0. The first-order chi connectivity index (χ1) is 7.56.